The van der Waals surface area contributed by atoms with Gasteiger partial charge in [-0.2, -0.15) is 0 Å². The molecule has 1 heterocycles. The lowest BCUT2D eigenvalue weighted by atomic mass is 10.1. The fraction of sp³-hybridized carbons (Fsp3) is 0.286. The first-order chi connectivity index (χ1) is 8.70. The number of nitrogens with one attached hydrogen (secondary N) is 1. The molecule has 0 saturated carbocycles. The summed E-state index contributed by atoms with van der Waals surface area (Å²) in [4.78, 5) is 0. The van der Waals surface area contributed by atoms with Crippen molar-refractivity contribution >= 4 is 17.3 Å². The number of benzene rings is 1. The van der Waals surface area contributed by atoms with Crippen molar-refractivity contribution in [2.24, 2.45) is 0 Å². The number of rotatable bonds is 5. The summed E-state index contributed by atoms with van der Waals surface area (Å²) in [5, 5.41) is 4.05. The molecule has 2 rings (SSSR count). The molecule has 0 fully saturated rings. The summed E-state index contributed by atoms with van der Waals surface area (Å²) in [6, 6.07) is 7.61. The van der Waals surface area contributed by atoms with Gasteiger partial charge in [0.2, 0.25) is 0 Å². The van der Waals surface area contributed by atoms with E-state index in [2.05, 4.69) is 12.2 Å². The number of anilines is 1. The fourth-order valence-corrected chi connectivity index (χ4v) is 1.91. The zero-order chi connectivity index (χ0) is 13.0. The van der Waals surface area contributed by atoms with Gasteiger partial charge in [-0.25, -0.2) is 0 Å². The Kier molecular flexibility index (Phi) is 4.15. The zero-order valence-electron chi connectivity index (χ0n) is 10.4. The second kappa shape index (κ2) is 5.83. The molecule has 0 aliphatic rings. The standard InChI is InChI=1S/C14H16ClNO2/c1-3-18-14-5-4-12(15)8-13(14)16-10(2)11-6-7-17-9-11/h4-10,16H,3H2,1-2H3. The molecule has 0 saturated heterocycles. The Hall–Kier alpha value is -1.61. The minimum Gasteiger partial charge on any atom is -0.492 e. The van der Waals surface area contributed by atoms with Gasteiger partial charge in [-0.1, -0.05) is 11.6 Å². The van der Waals surface area contributed by atoms with Gasteiger partial charge in [0.1, 0.15) is 5.75 Å². The first-order valence-corrected chi connectivity index (χ1v) is 6.29. The van der Waals surface area contributed by atoms with E-state index in [0.29, 0.717) is 11.6 Å². The van der Waals surface area contributed by atoms with Crippen LogP contribution < -0.4 is 10.1 Å². The van der Waals surface area contributed by atoms with Crippen molar-refractivity contribution in [3.63, 3.8) is 0 Å². The molecule has 1 atom stereocenters. The molecule has 1 N–H and O–H groups in total. The van der Waals surface area contributed by atoms with Crippen LogP contribution in [-0.4, -0.2) is 6.61 Å². The SMILES string of the molecule is CCOc1ccc(Cl)cc1NC(C)c1ccoc1. The highest BCUT2D eigenvalue weighted by Crippen LogP contribution is 2.31. The molecule has 0 amide bonds. The highest BCUT2D eigenvalue weighted by Gasteiger charge is 2.10. The first kappa shape index (κ1) is 12.8. The van der Waals surface area contributed by atoms with E-state index < -0.39 is 0 Å². The highest BCUT2D eigenvalue weighted by molar-refractivity contribution is 6.30. The van der Waals surface area contributed by atoms with E-state index in [1.807, 2.05) is 31.2 Å². The predicted molar refractivity (Wildman–Crippen MR) is 73.4 cm³/mol. The monoisotopic (exact) mass is 265 g/mol. The maximum absolute atomic E-state index is 6.01. The highest BCUT2D eigenvalue weighted by atomic mass is 35.5. The molecule has 4 heteroatoms. The van der Waals surface area contributed by atoms with Crippen LogP contribution in [0.1, 0.15) is 25.5 Å². The van der Waals surface area contributed by atoms with E-state index in [4.69, 9.17) is 20.8 Å². The van der Waals surface area contributed by atoms with E-state index in [1.54, 1.807) is 12.5 Å². The molecule has 0 aliphatic carbocycles. The Balaban J connectivity index is 2.19. The van der Waals surface area contributed by atoms with Crippen molar-refractivity contribution in [2.75, 3.05) is 11.9 Å². The summed E-state index contributed by atoms with van der Waals surface area (Å²) in [6.07, 6.45) is 3.39. The van der Waals surface area contributed by atoms with Gasteiger partial charge in [-0.3, -0.25) is 0 Å². The van der Waals surface area contributed by atoms with Gasteiger partial charge in [0, 0.05) is 10.6 Å². The molecule has 0 bridgehead atoms. The van der Waals surface area contributed by atoms with E-state index in [-0.39, 0.29) is 6.04 Å². The minimum absolute atomic E-state index is 0.126. The van der Waals surface area contributed by atoms with Gasteiger partial charge in [0.25, 0.3) is 0 Å². The molecular formula is C14H16ClNO2. The van der Waals surface area contributed by atoms with Crippen LogP contribution in [-0.2, 0) is 0 Å². The Morgan fingerprint density at radius 2 is 2.22 bits per heavy atom. The van der Waals surface area contributed by atoms with Gasteiger partial charge in [0.05, 0.1) is 30.9 Å². The topological polar surface area (TPSA) is 34.4 Å². The minimum atomic E-state index is 0.126. The lowest BCUT2D eigenvalue weighted by Crippen LogP contribution is -2.07. The summed E-state index contributed by atoms with van der Waals surface area (Å²) in [5.41, 5.74) is 1.97. The maximum Gasteiger partial charge on any atom is 0.142 e. The van der Waals surface area contributed by atoms with Crippen LogP contribution in [0.3, 0.4) is 0 Å². The van der Waals surface area contributed by atoms with Crippen LogP contribution in [0.5, 0.6) is 5.75 Å². The molecule has 1 aromatic heterocycles. The van der Waals surface area contributed by atoms with Gasteiger partial charge >= 0.3 is 0 Å². The van der Waals surface area contributed by atoms with E-state index in [0.717, 1.165) is 17.0 Å². The molecule has 0 radical (unpaired) electrons. The van der Waals surface area contributed by atoms with Crippen molar-refractivity contribution in [3.8, 4) is 5.75 Å². The smallest absolute Gasteiger partial charge is 0.142 e. The normalized spacial score (nSPS) is 12.2. The summed E-state index contributed by atoms with van der Waals surface area (Å²) >= 11 is 6.01. The van der Waals surface area contributed by atoms with Crippen molar-refractivity contribution in [1.29, 1.82) is 0 Å². The third-order valence-electron chi connectivity index (χ3n) is 2.66. The number of halogens is 1. The van der Waals surface area contributed by atoms with Crippen molar-refractivity contribution in [2.45, 2.75) is 19.9 Å². The van der Waals surface area contributed by atoms with Gasteiger partial charge in [0.15, 0.2) is 0 Å². The zero-order valence-corrected chi connectivity index (χ0v) is 11.2. The molecule has 0 spiro atoms. The van der Waals surface area contributed by atoms with E-state index in [9.17, 15) is 0 Å². The number of furan rings is 1. The van der Waals surface area contributed by atoms with Crippen LogP contribution >= 0.6 is 11.6 Å². The number of hydrogen-bond acceptors (Lipinski definition) is 3. The quantitative estimate of drug-likeness (QED) is 0.864. The Bertz CT molecular complexity index is 497. The van der Waals surface area contributed by atoms with Gasteiger partial charge in [-0.15, -0.1) is 0 Å². The summed E-state index contributed by atoms with van der Waals surface area (Å²) in [5.74, 6) is 0.803. The molecule has 3 nitrogen and oxygen atoms in total. The molecule has 0 aliphatic heterocycles. The molecule has 1 unspecified atom stereocenters. The Morgan fingerprint density at radius 3 is 2.89 bits per heavy atom. The van der Waals surface area contributed by atoms with Crippen LogP contribution in [0.2, 0.25) is 5.02 Å². The van der Waals surface area contributed by atoms with Crippen molar-refractivity contribution in [3.05, 3.63) is 47.4 Å². The number of hydrogen-bond donors (Lipinski definition) is 1. The Morgan fingerprint density at radius 1 is 1.39 bits per heavy atom. The molecule has 1 aromatic carbocycles. The van der Waals surface area contributed by atoms with Gasteiger partial charge in [-0.05, 0) is 38.1 Å². The molecule has 2 aromatic rings. The molecular weight excluding hydrogens is 250 g/mol. The van der Waals surface area contributed by atoms with Crippen LogP contribution in [0.15, 0.2) is 41.2 Å². The fourth-order valence-electron chi connectivity index (χ4n) is 1.73. The molecule has 96 valence electrons. The lowest BCUT2D eigenvalue weighted by Gasteiger charge is -2.17. The maximum atomic E-state index is 6.01. The average molecular weight is 266 g/mol. The van der Waals surface area contributed by atoms with Crippen LogP contribution in [0.4, 0.5) is 5.69 Å². The van der Waals surface area contributed by atoms with Gasteiger partial charge < -0.3 is 14.5 Å². The van der Waals surface area contributed by atoms with Crippen LogP contribution in [0, 0.1) is 0 Å². The third-order valence-corrected chi connectivity index (χ3v) is 2.89. The second-order valence-corrected chi connectivity index (χ2v) is 4.43. The first-order valence-electron chi connectivity index (χ1n) is 5.91. The number of ether oxygens (including phenoxy) is 1. The van der Waals surface area contributed by atoms with Crippen molar-refractivity contribution < 1.29 is 9.15 Å². The third kappa shape index (κ3) is 2.99. The summed E-state index contributed by atoms with van der Waals surface area (Å²) in [6.45, 7) is 4.63. The van der Waals surface area contributed by atoms with Crippen LogP contribution in [0.25, 0.3) is 0 Å². The average Bonchev–Trinajstić information content (AvgIpc) is 2.86. The predicted octanol–water partition coefficient (Wildman–Crippen LogP) is 4.50. The van der Waals surface area contributed by atoms with Crippen molar-refractivity contribution in [1.82, 2.24) is 0 Å². The van der Waals surface area contributed by atoms with E-state index >= 15 is 0 Å². The summed E-state index contributed by atoms with van der Waals surface area (Å²) < 4.78 is 10.6. The second-order valence-electron chi connectivity index (χ2n) is 4.00. The molecule has 18 heavy (non-hydrogen) atoms. The lowest BCUT2D eigenvalue weighted by molar-refractivity contribution is 0.341. The van der Waals surface area contributed by atoms with E-state index in [1.165, 1.54) is 0 Å². The summed E-state index contributed by atoms with van der Waals surface area (Å²) in [7, 11) is 0. The largest absolute Gasteiger partial charge is 0.492 e. The Labute approximate surface area is 112 Å².